The molecule has 0 atom stereocenters. The quantitative estimate of drug-likeness (QED) is 0.849. The normalized spacial score (nSPS) is 18.5. The van der Waals surface area contributed by atoms with Gasteiger partial charge in [-0.05, 0) is 75.1 Å². The van der Waals surface area contributed by atoms with Crippen LogP contribution in [0.5, 0.6) is 5.75 Å². The van der Waals surface area contributed by atoms with E-state index in [0.717, 1.165) is 30.6 Å². The molecule has 1 N–H and O–H groups in total. The molecule has 0 unspecified atom stereocenters. The second-order valence-corrected chi connectivity index (χ2v) is 9.62. The molecule has 2 aromatic rings. The SMILES string of the molecule is CC1(C)CCc2cc(S(=O)(=O)Nc3cccc(N4CCCC4=O)c3)ccc2O1. The van der Waals surface area contributed by atoms with E-state index in [2.05, 4.69) is 4.72 Å². The van der Waals surface area contributed by atoms with Crippen LogP contribution in [0.4, 0.5) is 11.4 Å². The maximum absolute atomic E-state index is 12.9. The molecule has 148 valence electrons. The molecule has 2 aliphatic heterocycles. The van der Waals surface area contributed by atoms with Crippen LogP contribution in [-0.4, -0.2) is 26.5 Å². The van der Waals surface area contributed by atoms with Crippen molar-refractivity contribution in [3.05, 3.63) is 48.0 Å². The molecule has 28 heavy (non-hydrogen) atoms. The van der Waals surface area contributed by atoms with Crippen molar-refractivity contribution in [1.82, 2.24) is 0 Å². The fourth-order valence-corrected chi connectivity index (χ4v) is 4.77. The van der Waals surface area contributed by atoms with E-state index in [4.69, 9.17) is 4.74 Å². The average molecular weight is 401 g/mol. The third kappa shape index (κ3) is 3.71. The maximum atomic E-state index is 12.9. The first-order valence-corrected chi connectivity index (χ1v) is 11.0. The van der Waals surface area contributed by atoms with E-state index in [1.807, 2.05) is 19.9 Å². The zero-order chi connectivity index (χ0) is 19.9. The monoisotopic (exact) mass is 400 g/mol. The molecule has 0 aromatic heterocycles. The number of nitrogens with one attached hydrogen (secondary N) is 1. The highest BCUT2D eigenvalue weighted by atomic mass is 32.2. The summed E-state index contributed by atoms with van der Waals surface area (Å²) in [4.78, 5) is 13.8. The standard InChI is InChI=1S/C21H24N2O4S/c1-21(2)11-10-15-13-18(8-9-19(15)27-21)28(25,26)22-16-5-3-6-17(14-16)23-12-4-7-20(23)24/h3,5-6,8-9,13-14,22H,4,7,10-12H2,1-2H3. The molecule has 0 bridgehead atoms. The summed E-state index contributed by atoms with van der Waals surface area (Å²) in [5.41, 5.74) is 1.81. The molecule has 2 aliphatic rings. The lowest BCUT2D eigenvalue weighted by Crippen LogP contribution is -2.32. The highest BCUT2D eigenvalue weighted by Crippen LogP contribution is 2.34. The van der Waals surface area contributed by atoms with Crippen LogP contribution in [0.1, 0.15) is 38.7 Å². The van der Waals surface area contributed by atoms with Gasteiger partial charge in [0.05, 0.1) is 10.6 Å². The second-order valence-electron chi connectivity index (χ2n) is 7.94. The fourth-order valence-electron chi connectivity index (χ4n) is 3.67. The number of hydrogen-bond acceptors (Lipinski definition) is 4. The van der Waals surface area contributed by atoms with Crippen molar-refractivity contribution in [3.63, 3.8) is 0 Å². The maximum Gasteiger partial charge on any atom is 0.261 e. The molecular weight excluding hydrogens is 376 g/mol. The number of fused-ring (bicyclic) bond motifs is 1. The minimum Gasteiger partial charge on any atom is -0.488 e. The topological polar surface area (TPSA) is 75.7 Å². The van der Waals surface area contributed by atoms with Crippen molar-refractivity contribution in [1.29, 1.82) is 0 Å². The number of hydrogen-bond donors (Lipinski definition) is 1. The molecule has 0 aliphatic carbocycles. The van der Waals surface area contributed by atoms with Gasteiger partial charge in [0.15, 0.2) is 0 Å². The van der Waals surface area contributed by atoms with E-state index in [0.29, 0.717) is 24.3 Å². The van der Waals surface area contributed by atoms with E-state index >= 15 is 0 Å². The number of anilines is 2. The lowest BCUT2D eigenvalue weighted by Gasteiger charge is -2.32. The van der Waals surface area contributed by atoms with Gasteiger partial charge in [-0.25, -0.2) is 8.42 Å². The van der Waals surface area contributed by atoms with E-state index in [9.17, 15) is 13.2 Å². The molecule has 2 aromatic carbocycles. The number of sulfonamides is 1. The predicted molar refractivity (Wildman–Crippen MR) is 108 cm³/mol. The summed E-state index contributed by atoms with van der Waals surface area (Å²) < 4.78 is 34.3. The Bertz CT molecular complexity index is 1030. The van der Waals surface area contributed by atoms with E-state index in [1.165, 1.54) is 0 Å². The molecule has 0 spiro atoms. The van der Waals surface area contributed by atoms with E-state index in [-0.39, 0.29) is 16.4 Å². The Balaban J connectivity index is 1.58. The fraction of sp³-hybridized carbons (Fsp3) is 0.381. The highest BCUT2D eigenvalue weighted by Gasteiger charge is 2.28. The Kier molecular flexibility index (Phi) is 4.57. The third-order valence-corrected chi connectivity index (χ3v) is 6.59. The zero-order valence-electron chi connectivity index (χ0n) is 16.1. The Morgan fingerprint density at radius 1 is 1.11 bits per heavy atom. The number of aryl methyl sites for hydroxylation is 1. The van der Waals surface area contributed by atoms with Crippen molar-refractivity contribution in [2.45, 2.75) is 50.0 Å². The first-order valence-electron chi connectivity index (χ1n) is 9.49. The van der Waals surface area contributed by atoms with Gasteiger partial charge >= 0.3 is 0 Å². The van der Waals surface area contributed by atoms with Gasteiger partial charge in [0, 0.05) is 18.7 Å². The molecule has 6 nitrogen and oxygen atoms in total. The molecule has 1 amide bonds. The predicted octanol–water partition coefficient (Wildman–Crippen LogP) is 3.72. The van der Waals surface area contributed by atoms with Gasteiger partial charge in [0.25, 0.3) is 10.0 Å². The number of nitrogens with zero attached hydrogens (tertiary/aromatic N) is 1. The Morgan fingerprint density at radius 2 is 1.93 bits per heavy atom. The molecule has 1 fully saturated rings. The summed E-state index contributed by atoms with van der Waals surface area (Å²) in [5.74, 6) is 0.808. The van der Waals surface area contributed by atoms with Gasteiger partial charge in [0.2, 0.25) is 5.91 Å². The minimum absolute atomic E-state index is 0.0672. The first-order chi connectivity index (χ1) is 13.2. The van der Waals surface area contributed by atoms with Crippen LogP contribution in [0.3, 0.4) is 0 Å². The van der Waals surface area contributed by atoms with Crippen LogP contribution in [0, 0.1) is 0 Å². The third-order valence-electron chi connectivity index (χ3n) is 5.21. The van der Waals surface area contributed by atoms with Crippen LogP contribution in [-0.2, 0) is 21.2 Å². The lowest BCUT2D eigenvalue weighted by molar-refractivity contribution is -0.117. The van der Waals surface area contributed by atoms with Crippen LogP contribution in [0.25, 0.3) is 0 Å². The molecule has 0 radical (unpaired) electrons. The van der Waals surface area contributed by atoms with Crippen LogP contribution < -0.4 is 14.4 Å². The number of amides is 1. The molecule has 4 rings (SSSR count). The molecular formula is C21H24N2O4S. The van der Waals surface area contributed by atoms with Crippen molar-refractivity contribution >= 4 is 27.3 Å². The van der Waals surface area contributed by atoms with Gasteiger partial charge in [-0.15, -0.1) is 0 Å². The highest BCUT2D eigenvalue weighted by molar-refractivity contribution is 7.92. The van der Waals surface area contributed by atoms with Gasteiger partial charge in [-0.1, -0.05) is 6.07 Å². The Hall–Kier alpha value is -2.54. The van der Waals surface area contributed by atoms with Crippen molar-refractivity contribution in [3.8, 4) is 5.75 Å². The lowest BCUT2D eigenvalue weighted by atomic mass is 9.94. The zero-order valence-corrected chi connectivity index (χ0v) is 16.9. The van der Waals surface area contributed by atoms with Crippen molar-refractivity contribution < 1.29 is 17.9 Å². The summed E-state index contributed by atoms with van der Waals surface area (Å²) in [6.45, 7) is 4.72. The Labute approximate surface area is 165 Å². The second kappa shape index (κ2) is 6.81. The number of benzene rings is 2. The summed E-state index contributed by atoms with van der Waals surface area (Å²) in [5, 5.41) is 0. The summed E-state index contributed by atoms with van der Waals surface area (Å²) in [6, 6.07) is 11.9. The van der Waals surface area contributed by atoms with Crippen LogP contribution >= 0.6 is 0 Å². The summed E-state index contributed by atoms with van der Waals surface area (Å²) >= 11 is 0. The average Bonchev–Trinajstić information content (AvgIpc) is 3.06. The van der Waals surface area contributed by atoms with Gasteiger partial charge in [-0.2, -0.15) is 0 Å². The minimum atomic E-state index is -3.74. The van der Waals surface area contributed by atoms with Gasteiger partial charge in [0.1, 0.15) is 11.4 Å². The summed E-state index contributed by atoms with van der Waals surface area (Å²) in [7, 11) is -3.74. The summed E-state index contributed by atoms with van der Waals surface area (Å²) in [6.07, 6.45) is 2.97. The van der Waals surface area contributed by atoms with E-state index < -0.39 is 10.0 Å². The molecule has 1 saturated heterocycles. The number of carbonyl (C=O) groups is 1. The Morgan fingerprint density at radius 3 is 2.68 bits per heavy atom. The van der Waals surface area contributed by atoms with Gasteiger partial charge < -0.3 is 9.64 Å². The van der Waals surface area contributed by atoms with Crippen molar-refractivity contribution in [2.75, 3.05) is 16.2 Å². The molecule has 7 heteroatoms. The molecule has 0 saturated carbocycles. The number of carbonyl (C=O) groups excluding carboxylic acids is 1. The van der Waals surface area contributed by atoms with Crippen LogP contribution in [0.15, 0.2) is 47.4 Å². The number of rotatable bonds is 4. The smallest absolute Gasteiger partial charge is 0.261 e. The largest absolute Gasteiger partial charge is 0.488 e. The van der Waals surface area contributed by atoms with Gasteiger partial charge in [-0.3, -0.25) is 9.52 Å². The first kappa shape index (κ1) is 18.8. The van der Waals surface area contributed by atoms with E-state index in [1.54, 1.807) is 41.3 Å². The molecule has 2 heterocycles. The number of ether oxygens (including phenoxy) is 1. The van der Waals surface area contributed by atoms with Crippen molar-refractivity contribution in [2.24, 2.45) is 0 Å². The van der Waals surface area contributed by atoms with Crippen LogP contribution in [0.2, 0.25) is 0 Å².